The summed E-state index contributed by atoms with van der Waals surface area (Å²) >= 11 is 0. The number of benzene rings is 1. The number of rotatable bonds is 5. The van der Waals surface area contributed by atoms with E-state index < -0.39 is 17.9 Å². The monoisotopic (exact) mass is 382 g/mol. The first-order valence-electron chi connectivity index (χ1n) is 8.68. The van der Waals surface area contributed by atoms with Crippen molar-refractivity contribution in [3.8, 4) is 5.75 Å². The van der Waals surface area contributed by atoms with Crippen LogP contribution in [-0.4, -0.2) is 35.1 Å². The van der Waals surface area contributed by atoms with E-state index in [1.165, 1.54) is 18.2 Å². The average Bonchev–Trinajstić information content (AvgIpc) is 3.16. The van der Waals surface area contributed by atoms with Gasteiger partial charge in [-0.2, -0.15) is 5.10 Å². The summed E-state index contributed by atoms with van der Waals surface area (Å²) in [6.07, 6.45) is -0.231. The summed E-state index contributed by atoms with van der Waals surface area (Å²) in [5.41, 5.74) is -0.294. The highest BCUT2D eigenvalue weighted by Gasteiger charge is 2.42. The number of alkyl halides is 3. The molecule has 1 aromatic heterocycles. The minimum Gasteiger partial charge on any atom is -0.406 e. The number of piperidine rings is 1. The van der Waals surface area contributed by atoms with Gasteiger partial charge in [0.15, 0.2) is 0 Å². The second-order valence-electron chi connectivity index (χ2n) is 6.55. The van der Waals surface area contributed by atoms with Crippen LogP contribution in [0.25, 0.3) is 0 Å². The van der Waals surface area contributed by atoms with Gasteiger partial charge in [0.05, 0.1) is 6.04 Å². The van der Waals surface area contributed by atoms with Crippen molar-refractivity contribution < 1.29 is 22.7 Å². The van der Waals surface area contributed by atoms with Gasteiger partial charge < -0.3 is 15.4 Å². The molecule has 1 amide bonds. The molecule has 2 heterocycles. The Bertz CT molecular complexity index is 771. The molecule has 1 atom stereocenters. The van der Waals surface area contributed by atoms with Crippen molar-refractivity contribution in [1.29, 1.82) is 0 Å². The van der Waals surface area contributed by atoms with E-state index in [1.807, 2.05) is 0 Å². The summed E-state index contributed by atoms with van der Waals surface area (Å²) < 4.78 is 42.9. The zero-order chi connectivity index (χ0) is 19.5. The number of aromatic nitrogens is 2. The number of carbonyl (C=O) groups excluding carboxylic acids is 1. The summed E-state index contributed by atoms with van der Waals surface area (Å²) in [7, 11) is 0. The molecule has 1 fully saturated rings. The average molecular weight is 382 g/mol. The zero-order valence-electron chi connectivity index (χ0n) is 14.8. The van der Waals surface area contributed by atoms with E-state index in [0.29, 0.717) is 31.5 Å². The maximum Gasteiger partial charge on any atom is 0.573 e. The molecule has 0 radical (unpaired) electrons. The molecule has 9 heteroatoms. The minimum absolute atomic E-state index is 0.206. The molecular weight excluding hydrogens is 361 g/mol. The molecule has 0 bridgehead atoms. The fraction of sp³-hybridized carbons (Fsp3) is 0.444. The van der Waals surface area contributed by atoms with Crippen molar-refractivity contribution in [2.45, 2.75) is 37.7 Å². The largest absolute Gasteiger partial charge is 0.573 e. The molecule has 2 N–H and O–H groups in total. The van der Waals surface area contributed by atoms with Crippen molar-refractivity contribution >= 4 is 5.91 Å². The predicted octanol–water partition coefficient (Wildman–Crippen LogP) is 2.74. The van der Waals surface area contributed by atoms with E-state index in [1.54, 1.807) is 36.1 Å². The molecule has 146 valence electrons. The Morgan fingerprint density at radius 1 is 1.33 bits per heavy atom. The van der Waals surface area contributed by atoms with Gasteiger partial charge >= 0.3 is 6.36 Å². The first-order valence-corrected chi connectivity index (χ1v) is 8.68. The molecule has 2 aromatic rings. The summed E-state index contributed by atoms with van der Waals surface area (Å²) in [4.78, 5) is 13.1. The van der Waals surface area contributed by atoms with Gasteiger partial charge in [-0.3, -0.25) is 9.48 Å². The van der Waals surface area contributed by atoms with Crippen LogP contribution in [0.1, 0.15) is 31.4 Å². The Kier molecular flexibility index (Phi) is 5.41. The molecule has 3 rings (SSSR count). The lowest BCUT2D eigenvalue weighted by Crippen LogP contribution is -2.55. The molecule has 0 aliphatic carbocycles. The summed E-state index contributed by atoms with van der Waals surface area (Å²) in [6.45, 7) is 3.08. The Morgan fingerprint density at radius 3 is 2.70 bits per heavy atom. The Morgan fingerprint density at radius 2 is 2.07 bits per heavy atom. The highest BCUT2D eigenvalue weighted by Crippen LogP contribution is 2.29. The van der Waals surface area contributed by atoms with Crippen LogP contribution < -0.4 is 15.4 Å². The van der Waals surface area contributed by atoms with Gasteiger partial charge in [-0.05, 0) is 56.6 Å². The maximum absolute atomic E-state index is 13.1. The predicted molar refractivity (Wildman–Crippen MR) is 92.0 cm³/mol. The van der Waals surface area contributed by atoms with E-state index in [4.69, 9.17) is 0 Å². The second-order valence-corrected chi connectivity index (χ2v) is 6.55. The Balaban J connectivity index is 1.77. The number of amides is 1. The fourth-order valence-corrected chi connectivity index (χ4v) is 3.32. The van der Waals surface area contributed by atoms with Crippen LogP contribution in [0.4, 0.5) is 13.2 Å². The lowest BCUT2D eigenvalue weighted by atomic mass is 9.87. The van der Waals surface area contributed by atoms with Gasteiger partial charge in [0.2, 0.25) is 5.91 Å². The molecule has 1 saturated heterocycles. The molecular formula is C18H21F3N4O2. The summed E-state index contributed by atoms with van der Waals surface area (Å²) in [6, 6.07) is 6.89. The third-order valence-corrected chi connectivity index (χ3v) is 4.74. The van der Waals surface area contributed by atoms with Crippen molar-refractivity contribution in [2.75, 3.05) is 13.1 Å². The van der Waals surface area contributed by atoms with Crippen LogP contribution in [-0.2, 0) is 10.3 Å². The van der Waals surface area contributed by atoms with Crippen molar-refractivity contribution in [3.63, 3.8) is 0 Å². The van der Waals surface area contributed by atoms with Gasteiger partial charge in [-0.1, -0.05) is 12.1 Å². The van der Waals surface area contributed by atoms with Gasteiger partial charge in [-0.15, -0.1) is 13.2 Å². The van der Waals surface area contributed by atoms with E-state index in [2.05, 4.69) is 20.5 Å². The summed E-state index contributed by atoms with van der Waals surface area (Å²) in [5, 5.41) is 10.4. The van der Waals surface area contributed by atoms with E-state index in [9.17, 15) is 18.0 Å². The quantitative estimate of drug-likeness (QED) is 0.835. The van der Waals surface area contributed by atoms with Crippen LogP contribution in [0.15, 0.2) is 42.7 Å². The maximum atomic E-state index is 13.1. The first kappa shape index (κ1) is 19.2. The molecule has 1 aromatic carbocycles. The lowest BCUT2D eigenvalue weighted by Gasteiger charge is -2.37. The van der Waals surface area contributed by atoms with E-state index >= 15 is 0 Å². The molecule has 0 spiro atoms. The number of hydrogen-bond acceptors (Lipinski definition) is 4. The topological polar surface area (TPSA) is 68.2 Å². The lowest BCUT2D eigenvalue weighted by molar-refractivity contribution is -0.274. The molecule has 1 aliphatic rings. The minimum atomic E-state index is -4.76. The number of ether oxygens (including phenoxy) is 1. The van der Waals surface area contributed by atoms with Crippen LogP contribution >= 0.6 is 0 Å². The van der Waals surface area contributed by atoms with Crippen molar-refractivity contribution in [2.24, 2.45) is 0 Å². The number of halogens is 3. The third kappa shape index (κ3) is 4.41. The Hall–Kier alpha value is -2.55. The standard InChI is InChI=1S/C18H21F3N4O2/c1-13(14-4-2-5-15(12-14)27-18(19,20)21)24-16(26)17(6-9-22-10-7-17)25-11-3-8-23-25/h2-5,8,11-13,22H,6-7,9-10H2,1H3,(H,24,26). The van der Waals surface area contributed by atoms with Crippen LogP contribution in [0.3, 0.4) is 0 Å². The van der Waals surface area contributed by atoms with E-state index in [-0.39, 0.29) is 11.7 Å². The molecule has 0 saturated carbocycles. The van der Waals surface area contributed by atoms with Gasteiger partial charge in [0.25, 0.3) is 0 Å². The number of nitrogens with zero attached hydrogens (tertiary/aromatic N) is 2. The van der Waals surface area contributed by atoms with Crippen LogP contribution in [0.5, 0.6) is 5.75 Å². The summed E-state index contributed by atoms with van der Waals surface area (Å²) in [5.74, 6) is -0.521. The molecule has 1 unspecified atom stereocenters. The van der Waals surface area contributed by atoms with Gasteiger partial charge in [-0.25, -0.2) is 0 Å². The van der Waals surface area contributed by atoms with Gasteiger partial charge in [0, 0.05) is 12.4 Å². The van der Waals surface area contributed by atoms with Crippen molar-refractivity contribution in [1.82, 2.24) is 20.4 Å². The number of carbonyl (C=O) groups is 1. The van der Waals surface area contributed by atoms with Crippen molar-refractivity contribution in [3.05, 3.63) is 48.3 Å². The van der Waals surface area contributed by atoms with E-state index in [0.717, 1.165) is 0 Å². The molecule has 6 nitrogen and oxygen atoms in total. The second kappa shape index (κ2) is 7.59. The normalized spacial score (nSPS) is 17.9. The first-order chi connectivity index (χ1) is 12.8. The van der Waals surface area contributed by atoms with Crippen LogP contribution in [0, 0.1) is 0 Å². The highest BCUT2D eigenvalue weighted by atomic mass is 19.4. The molecule has 1 aliphatic heterocycles. The number of hydrogen-bond donors (Lipinski definition) is 2. The van der Waals surface area contributed by atoms with Crippen LogP contribution in [0.2, 0.25) is 0 Å². The third-order valence-electron chi connectivity index (χ3n) is 4.74. The zero-order valence-corrected chi connectivity index (χ0v) is 14.8. The van der Waals surface area contributed by atoms with Gasteiger partial charge in [0.1, 0.15) is 11.3 Å². The molecule has 27 heavy (non-hydrogen) atoms. The Labute approximate surface area is 154 Å². The fourth-order valence-electron chi connectivity index (χ4n) is 3.32. The number of nitrogens with one attached hydrogen (secondary N) is 2. The highest BCUT2D eigenvalue weighted by molar-refractivity contribution is 5.85. The smallest absolute Gasteiger partial charge is 0.406 e. The SMILES string of the molecule is CC(NC(=O)C1(n2cccn2)CCNCC1)c1cccc(OC(F)(F)F)c1.